The number of rotatable bonds is 7. The number of sulfonamides is 1. The van der Waals surface area contributed by atoms with Crippen molar-refractivity contribution >= 4 is 32.3 Å². The largest absolute Gasteiger partial charge is 0.495 e. The summed E-state index contributed by atoms with van der Waals surface area (Å²) in [5.41, 5.74) is 7.48. The number of ether oxygens (including phenoxy) is 1. The van der Waals surface area contributed by atoms with Crippen molar-refractivity contribution in [3.8, 4) is 5.75 Å². The Balaban J connectivity index is 0.00000364. The lowest BCUT2D eigenvalue weighted by Gasteiger charge is -2.12. The summed E-state index contributed by atoms with van der Waals surface area (Å²) < 4.78 is 56.2. The van der Waals surface area contributed by atoms with Crippen molar-refractivity contribution in [1.29, 1.82) is 0 Å². The van der Waals surface area contributed by atoms with E-state index in [2.05, 4.69) is 4.72 Å². The van der Waals surface area contributed by atoms with E-state index in [1.807, 2.05) is 19.1 Å². The molecule has 10 heteroatoms. The fourth-order valence-electron chi connectivity index (χ4n) is 2.29. The quantitative estimate of drug-likeness (QED) is 0.688. The van der Waals surface area contributed by atoms with Gasteiger partial charge in [-0.1, -0.05) is 24.3 Å². The second kappa shape index (κ2) is 9.03. The lowest BCUT2D eigenvalue weighted by atomic mass is 10.1. The van der Waals surface area contributed by atoms with Crippen molar-refractivity contribution in [3.05, 3.63) is 53.6 Å². The van der Waals surface area contributed by atoms with Gasteiger partial charge in [0.25, 0.3) is 0 Å². The number of nitrogens with one attached hydrogen (secondary N) is 1. The zero-order chi connectivity index (χ0) is 19.5. The van der Waals surface area contributed by atoms with Gasteiger partial charge in [0, 0.05) is 18.8 Å². The minimum absolute atomic E-state index is 0. The number of benzene rings is 2. The van der Waals surface area contributed by atoms with Gasteiger partial charge in [0.2, 0.25) is 10.0 Å². The molecule has 0 saturated carbocycles. The Morgan fingerprint density at radius 2 is 1.67 bits per heavy atom. The molecular formula is C17H23ClN2O5S2. The molecule has 0 heterocycles. The summed E-state index contributed by atoms with van der Waals surface area (Å²) in [6.45, 7) is 1.91. The monoisotopic (exact) mass is 434 g/mol. The van der Waals surface area contributed by atoms with Gasteiger partial charge in [-0.05, 0) is 36.2 Å². The maximum Gasteiger partial charge on any atom is 0.244 e. The normalized spacial score (nSPS) is 12.9. The summed E-state index contributed by atoms with van der Waals surface area (Å²) in [6.07, 6.45) is 1.01. The van der Waals surface area contributed by atoms with E-state index in [0.29, 0.717) is 0 Å². The van der Waals surface area contributed by atoms with Gasteiger partial charge >= 0.3 is 0 Å². The number of sulfone groups is 1. The van der Waals surface area contributed by atoms with E-state index in [9.17, 15) is 16.8 Å². The molecule has 0 radical (unpaired) electrons. The Bertz CT molecular complexity index is 988. The minimum Gasteiger partial charge on any atom is -0.495 e. The van der Waals surface area contributed by atoms with Gasteiger partial charge in [-0.2, -0.15) is 0 Å². The highest BCUT2D eigenvalue weighted by molar-refractivity contribution is 7.91. The van der Waals surface area contributed by atoms with Gasteiger partial charge < -0.3 is 10.5 Å². The van der Waals surface area contributed by atoms with E-state index < -0.39 is 19.9 Å². The summed E-state index contributed by atoms with van der Waals surface area (Å²) in [4.78, 5) is -0.324. The summed E-state index contributed by atoms with van der Waals surface area (Å²) >= 11 is 0. The molecule has 0 bridgehead atoms. The zero-order valence-electron chi connectivity index (χ0n) is 15.2. The van der Waals surface area contributed by atoms with Gasteiger partial charge in [0.1, 0.15) is 10.6 Å². The van der Waals surface area contributed by atoms with Crippen molar-refractivity contribution in [2.75, 3.05) is 13.4 Å². The molecule has 0 spiro atoms. The Morgan fingerprint density at radius 1 is 1.07 bits per heavy atom. The molecule has 0 fully saturated rings. The highest BCUT2D eigenvalue weighted by atomic mass is 35.5. The topological polar surface area (TPSA) is 116 Å². The van der Waals surface area contributed by atoms with Crippen molar-refractivity contribution < 1.29 is 21.6 Å². The third-order valence-corrected chi connectivity index (χ3v) is 6.36. The van der Waals surface area contributed by atoms with Crippen LogP contribution in [-0.2, 0) is 26.4 Å². The molecule has 0 amide bonds. The average molecular weight is 435 g/mol. The van der Waals surface area contributed by atoms with Crippen LogP contribution in [0.15, 0.2) is 52.3 Å². The Hall–Kier alpha value is -1.65. The van der Waals surface area contributed by atoms with Crippen LogP contribution in [0.5, 0.6) is 5.75 Å². The van der Waals surface area contributed by atoms with E-state index in [1.54, 1.807) is 12.1 Å². The maximum atomic E-state index is 12.6. The van der Waals surface area contributed by atoms with Crippen molar-refractivity contribution in [1.82, 2.24) is 4.72 Å². The molecule has 0 aliphatic heterocycles. The summed E-state index contributed by atoms with van der Waals surface area (Å²) in [7, 11) is -6.20. The molecule has 150 valence electrons. The highest BCUT2D eigenvalue weighted by Gasteiger charge is 2.22. The average Bonchev–Trinajstić information content (AvgIpc) is 2.59. The van der Waals surface area contributed by atoms with E-state index >= 15 is 0 Å². The molecule has 0 saturated heterocycles. The molecule has 2 rings (SSSR count). The van der Waals surface area contributed by atoms with Crippen LogP contribution in [0.3, 0.4) is 0 Å². The minimum atomic E-state index is -3.97. The van der Waals surface area contributed by atoms with Gasteiger partial charge in [-0.15, -0.1) is 12.4 Å². The van der Waals surface area contributed by atoms with Crippen LogP contribution in [0.25, 0.3) is 0 Å². The van der Waals surface area contributed by atoms with Crippen LogP contribution in [0.4, 0.5) is 0 Å². The molecule has 0 aliphatic carbocycles. The molecule has 0 aromatic heterocycles. The number of methoxy groups -OCH3 is 1. The molecular weight excluding hydrogens is 412 g/mol. The molecule has 3 N–H and O–H groups in total. The number of nitrogens with two attached hydrogens (primary N) is 1. The standard InChI is InChI=1S/C17H22N2O5S2.ClH/c1-12(18)14-6-4-13(5-7-14)11-19-26(22,23)17-10-15(25(3,20)21)8-9-16(17)24-2;/h4-10,12,19H,11,18H2,1-3H3;1H. The van der Waals surface area contributed by atoms with Gasteiger partial charge in [-0.3, -0.25) is 0 Å². The van der Waals surface area contributed by atoms with E-state index in [1.165, 1.54) is 19.2 Å². The molecule has 0 aliphatic rings. The second-order valence-electron chi connectivity index (χ2n) is 5.94. The fraction of sp³-hybridized carbons (Fsp3) is 0.294. The highest BCUT2D eigenvalue weighted by Crippen LogP contribution is 2.27. The van der Waals surface area contributed by atoms with Crippen LogP contribution in [0.2, 0.25) is 0 Å². The molecule has 1 atom stereocenters. The van der Waals surface area contributed by atoms with Crippen LogP contribution >= 0.6 is 12.4 Å². The lowest BCUT2D eigenvalue weighted by Crippen LogP contribution is -2.24. The van der Waals surface area contributed by atoms with E-state index in [4.69, 9.17) is 10.5 Å². The first-order chi connectivity index (χ1) is 12.0. The number of halogens is 1. The van der Waals surface area contributed by atoms with Crippen molar-refractivity contribution in [2.45, 2.75) is 29.3 Å². The van der Waals surface area contributed by atoms with Crippen LogP contribution in [0.1, 0.15) is 24.1 Å². The van der Waals surface area contributed by atoms with Gasteiger partial charge in [0.05, 0.1) is 12.0 Å². The molecule has 1 unspecified atom stereocenters. The van der Waals surface area contributed by atoms with Crippen LogP contribution < -0.4 is 15.2 Å². The van der Waals surface area contributed by atoms with Crippen LogP contribution in [-0.4, -0.2) is 30.2 Å². The predicted molar refractivity (Wildman–Crippen MR) is 106 cm³/mol. The number of hydrogen-bond acceptors (Lipinski definition) is 6. The van der Waals surface area contributed by atoms with E-state index in [0.717, 1.165) is 23.4 Å². The summed E-state index contributed by atoms with van der Waals surface area (Å²) in [5.74, 6) is 0.0669. The first-order valence-electron chi connectivity index (χ1n) is 7.77. The Morgan fingerprint density at radius 3 is 2.15 bits per heavy atom. The Labute approximate surface area is 166 Å². The van der Waals surface area contributed by atoms with Gasteiger partial charge in [-0.25, -0.2) is 21.6 Å². The summed E-state index contributed by atoms with van der Waals surface area (Å²) in [6, 6.07) is 10.8. The fourth-order valence-corrected chi connectivity index (χ4v) is 4.23. The van der Waals surface area contributed by atoms with Crippen molar-refractivity contribution in [3.63, 3.8) is 0 Å². The molecule has 2 aromatic rings. The SMILES string of the molecule is COc1ccc(S(C)(=O)=O)cc1S(=O)(=O)NCc1ccc(C(C)N)cc1.Cl. The maximum absolute atomic E-state index is 12.6. The Kier molecular flexibility index (Phi) is 7.82. The van der Waals surface area contributed by atoms with Crippen LogP contribution in [0, 0.1) is 0 Å². The zero-order valence-corrected chi connectivity index (χ0v) is 17.6. The predicted octanol–water partition coefficient (Wildman–Crippen LogP) is 2.02. The second-order valence-corrected chi connectivity index (χ2v) is 9.69. The van der Waals surface area contributed by atoms with Gasteiger partial charge in [0.15, 0.2) is 9.84 Å². The smallest absolute Gasteiger partial charge is 0.244 e. The first kappa shape index (κ1) is 23.4. The number of hydrogen-bond donors (Lipinski definition) is 2. The third-order valence-electron chi connectivity index (χ3n) is 3.82. The summed E-state index contributed by atoms with van der Waals surface area (Å²) in [5, 5.41) is 0. The molecule has 7 nitrogen and oxygen atoms in total. The van der Waals surface area contributed by atoms with E-state index in [-0.39, 0.29) is 40.5 Å². The third kappa shape index (κ3) is 5.91. The lowest BCUT2D eigenvalue weighted by molar-refractivity contribution is 0.401. The molecule has 27 heavy (non-hydrogen) atoms. The molecule has 2 aromatic carbocycles. The van der Waals surface area contributed by atoms with Crippen molar-refractivity contribution in [2.24, 2.45) is 5.73 Å². The first-order valence-corrected chi connectivity index (χ1v) is 11.1.